The Kier molecular flexibility index (Phi) is 2.85. The first-order valence-corrected chi connectivity index (χ1v) is 3.86. The number of carbonyl (C=O) groups is 1. The summed E-state index contributed by atoms with van der Waals surface area (Å²) in [7, 11) is 0.931. The first-order valence-electron chi connectivity index (χ1n) is 3.86. The molecule has 0 spiro atoms. The molecule has 5 heteroatoms. The lowest BCUT2D eigenvalue weighted by Gasteiger charge is -2.20. The fourth-order valence-electron chi connectivity index (χ4n) is 1.05. The van der Waals surface area contributed by atoms with Crippen LogP contribution in [0.5, 0.6) is 0 Å². The number of halogens is 2. The van der Waals surface area contributed by atoms with E-state index in [1.807, 2.05) is 0 Å². The van der Waals surface area contributed by atoms with Crippen molar-refractivity contribution in [1.82, 2.24) is 0 Å². The van der Waals surface area contributed by atoms with Crippen LogP contribution < -0.4 is 0 Å². The molecule has 0 unspecified atom stereocenters. The Morgan fingerprint density at radius 1 is 1.69 bits per heavy atom. The fourth-order valence-corrected chi connectivity index (χ4v) is 1.05. The summed E-state index contributed by atoms with van der Waals surface area (Å²) >= 11 is 0. The number of esters is 1. The van der Waals surface area contributed by atoms with Crippen molar-refractivity contribution in [2.24, 2.45) is 0 Å². The molecule has 0 aromatic carbocycles. The third-order valence-electron chi connectivity index (χ3n) is 1.78. The quantitative estimate of drug-likeness (QED) is 0.622. The van der Waals surface area contributed by atoms with Gasteiger partial charge >= 0.3 is 11.9 Å². The lowest BCUT2D eigenvalue weighted by molar-refractivity contribution is -0.164. The van der Waals surface area contributed by atoms with E-state index in [4.69, 9.17) is 4.74 Å². The van der Waals surface area contributed by atoms with E-state index in [0.29, 0.717) is 13.0 Å². The first kappa shape index (κ1) is 9.95. The molecule has 0 radical (unpaired) electrons. The maximum absolute atomic E-state index is 13.1. The molecule has 0 saturated carbocycles. The van der Waals surface area contributed by atoms with Crippen LogP contribution in [0.2, 0.25) is 0 Å². The summed E-state index contributed by atoms with van der Waals surface area (Å²) in [6.45, 7) is 0.417. The number of hydrogen-bond donors (Lipinski definition) is 0. The van der Waals surface area contributed by atoms with Crippen molar-refractivity contribution >= 4 is 5.97 Å². The van der Waals surface area contributed by atoms with Crippen molar-refractivity contribution in [3.05, 3.63) is 11.8 Å². The molecular formula is C8H10F2O3. The van der Waals surface area contributed by atoms with Gasteiger partial charge in [-0.25, -0.2) is 4.79 Å². The van der Waals surface area contributed by atoms with Crippen LogP contribution in [0, 0.1) is 0 Å². The molecule has 13 heavy (non-hydrogen) atoms. The summed E-state index contributed by atoms with van der Waals surface area (Å²) in [5.74, 6) is -5.08. The minimum absolute atomic E-state index is 0.169. The summed E-state index contributed by atoms with van der Waals surface area (Å²) in [6.07, 6.45) is 1.61. The lowest BCUT2D eigenvalue weighted by atomic mass is 10.0. The van der Waals surface area contributed by atoms with E-state index in [2.05, 4.69) is 4.74 Å². The second kappa shape index (κ2) is 3.72. The average molecular weight is 192 g/mol. The third kappa shape index (κ3) is 1.96. The van der Waals surface area contributed by atoms with Gasteiger partial charge in [-0.2, -0.15) is 8.78 Å². The van der Waals surface area contributed by atoms with Gasteiger partial charge in [-0.3, -0.25) is 0 Å². The summed E-state index contributed by atoms with van der Waals surface area (Å²) in [5.41, 5.74) is -0.314. The maximum Gasteiger partial charge on any atom is 0.381 e. The molecule has 0 N–H and O–H groups in total. The predicted octanol–water partition coefficient (Wildman–Crippen LogP) is 1.49. The molecule has 1 heterocycles. The van der Waals surface area contributed by atoms with Crippen molar-refractivity contribution in [3.8, 4) is 0 Å². The number of hydrogen-bond acceptors (Lipinski definition) is 3. The molecule has 0 fully saturated rings. The van der Waals surface area contributed by atoms with Gasteiger partial charge in [-0.05, 0) is 12.8 Å². The summed E-state index contributed by atoms with van der Waals surface area (Å²) in [6, 6.07) is 0. The molecule has 0 aromatic rings. The van der Waals surface area contributed by atoms with Crippen molar-refractivity contribution in [3.63, 3.8) is 0 Å². The van der Waals surface area contributed by atoms with Gasteiger partial charge < -0.3 is 9.47 Å². The number of alkyl halides is 2. The Morgan fingerprint density at radius 3 is 2.85 bits per heavy atom. The van der Waals surface area contributed by atoms with Gasteiger partial charge in [0, 0.05) is 5.57 Å². The highest BCUT2D eigenvalue weighted by Gasteiger charge is 2.44. The van der Waals surface area contributed by atoms with Crippen molar-refractivity contribution in [1.29, 1.82) is 0 Å². The van der Waals surface area contributed by atoms with Crippen LogP contribution in [0.1, 0.15) is 12.8 Å². The van der Waals surface area contributed by atoms with E-state index >= 15 is 0 Å². The molecule has 0 saturated heterocycles. The molecule has 1 aliphatic heterocycles. The van der Waals surface area contributed by atoms with Crippen molar-refractivity contribution < 1.29 is 23.0 Å². The maximum atomic E-state index is 13.1. The average Bonchev–Trinajstić information content (AvgIpc) is 2.18. The Bertz CT molecular complexity index is 236. The minimum atomic E-state index is -3.55. The van der Waals surface area contributed by atoms with Gasteiger partial charge in [0.15, 0.2) is 0 Å². The number of methoxy groups -OCH3 is 1. The van der Waals surface area contributed by atoms with E-state index < -0.39 is 11.9 Å². The van der Waals surface area contributed by atoms with Crippen molar-refractivity contribution in [2.45, 2.75) is 18.8 Å². The summed E-state index contributed by atoms with van der Waals surface area (Å²) in [4.78, 5) is 10.7. The van der Waals surface area contributed by atoms with E-state index in [1.54, 1.807) is 0 Å². The summed E-state index contributed by atoms with van der Waals surface area (Å²) < 4.78 is 34.9. The Balaban J connectivity index is 2.78. The Labute approximate surface area is 74.3 Å². The van der Waals surface area contributed by atoms with Crippen LogP contribution >= 0.6 is 0 Å². The number of ether oxygens (including phenoxy) is 2. The van der Waals surface area contributed by atoms with Crippen LogP contribution in [0.4, 0.5) is 8.78 Å². The number of carbonyl (C=O) groups excluding carboxylic acids is 1. The van der Waals surface area contributed by atoms with E-state index in [1.165, 1.54) is 0 Å². The zero-order valence-corrected chi connectivity index (χ0v) is 7.18. The molecular weight excluding hydrogens is 182 g/mol. The van der Waals surface area contributed by atoms with Crippen LogP contribution in [0.15, 0.2) is 11.8 Å². The second-order valence-corrected chi connectivity index (χ2v) is 2.68. The second-order valence-electron chi connectivity index (χ2n) is 2.68. The largest absolute Gasteiger partial charge is 0.501 e. The Hall–Kier alpha value is -1.13. The topological polar surface area (TPSA) is 35.5 Å². The zero-order chi connectivity index (χ0) is 9.90. The van der Waals surface area contributed by atoms with Gasteiger partial charge in [-0.15, -0.1) is 0 Å². The van der Waals surface area contributed by atoms with Crippen molar-refractivity contribution in [2.75, 3.05) is 13.7 Å². The molecule has 0 bridgehead atoms. The van der Waals surface area contributed by atoms with Gasteiger partial charge in [0.25, 0.3) is 0 Å². The normalized spacial score (nSPS) is 17.3. The molecule has 0 atom stereocenters. The molecule has 74 valence electrons. The standard InChI is InChI=1S/C8H10F2O3/c1-12-7(11)8(9,10)6-3-2-4-13-5-6/h5H,2-4H2,1H3. The van der Waals surface area contributed by atoms with Crippen LogP contribution in [-0.2, 0) is 14.3 Å². The zero-order valence-electron chi connectivity index (χ0n) is 7.18. The first-order chi connectivity index (χ1) is 6.09. The van der Waals surface area contributed by atoms with E-state index in [9.17, 15) is 13.6 Å². The smallest absolute Gasteiger partial charge is 0.381 e. The molecule has 0 amide bonds. The van der Waals surface area contributed by atoms with Gasteiger partial charge in [0.05, 0.1) is 20.0 Å². The lowest BCUT2D eigenvalue weighted by Crippen LogP contribution is -2.33. The third-order valence-corrected chi connectivity index (χ3v) is 1.78. The molecule has 3 nitrogen and oxygen atoms in total. The van der Waals surface area contributed by atoms with Crippen LogP contribution in [-0.4, -0.2) is 25.6 Å². The van der Waals surface area contributed by atoms with E-state index in [0.717, 1.165) is 13.4 Å². The molecule has 0 aromatic heterocycles. The predicted molar refractivity (Wildman–Crippen MR) is 40.2 cm³/mol. The van der Waals surface area contributed by atoms with Gasteiger partial charge in [0.1, 0.15) is 0 Å². The van der Waals surface area contributed by atoms with E-state index in [-0.39, 0.29) is 12.0 Å². The fraction of sp³-hybridized carbons (Fsp3) is 0.625. The molecule has 1 aliphatic rings. The molecule has 1 rings (SSSR count). The highest BCUT2D eigenvalue weighted by atomic mass is 19.3. The highest BCUT2D eigenvalue weighted by molar-refractivity contribution is 5.81. The monoisotopic (exact) mass is 192 g/mol. The number of rotatable bonds is 2. The van der Waals surface area contributed by atoms with Gasteiger partial charge in [0.2, 0.25) is 0 Å². The van der Waals surface area contributed by atoms with Crippen LogP contribution in [0.3, 0.4) is 0 Å². The van der Waals surface area contributed by atoms with Crippen LogP contribution in [0.25, 0.3) is 0 Å². The highest BCUT2D eigenvalue weighted by Crippen LogP contribution is 2.30. The summed E-state index contributed by atoms with van der Waals surface area (Å²) in [5, 5.41) is 0. The molecule has 0 aliphatic carbocycles. The minimum Gasteiger partial charge on any atom is -0.501 e. The Morgan fingerprint density at radius 2 is 2.38 bits per heavy atom. The SMILES string of the molecule is COC(=O)C(F)(F)C1=COCCC1. The van der Waals surface area contributed by atoms with Gasteiger partial charge in [-0.1, -0.05) is 0 Å².